The standard InChI is InChI=1S/C35H21N5/c1-2-11-23(12-3-1)39-28-16-8-6-14-25(28)32-33-26(20-36-21-37-33)31-24-13-5-9-17-29(24)40(34(31)35(32)39)30-19-18-22-10-4-7-15-27(22)38-30/h1-21H. The molecule has 40 heavy (non-hydrogen) atoms. The van der Waals surface area contributed by atoms with E-state index in [2.05, 4.69) is 123 Å². The van der Waals surface area contributed by atoms with Crippen molar-refractivity contribution in [3.05, 3.63) is 128 Å². The number of rotatable bonds is 2. The highest BCUT2D eigenvalue weighted by Crippen LogP contribution is 2.45. The van der Waals surface area contributed by atoms with E-state index < -0.39 is 0 Å². The van der Waals surface area contributed by atoms with E-state index in [4.69, 9.17) is 9.97 Å². The van der Waals surface area contributed by atoms with Gasteiger partial charge in [0, 0.05) is 44.2 Å². The summed E-state index contributed by atoms with van der Waals surface area (Å²) in [7, 11) is 0. The largest absolute Gasteiger partial charge is 0.307 e. The van der Waals surface area contributed by atoms with Crippen molar-refractivity contribution in [2.75, 3.05) is 0 Å². The van der Waals surface area contributed by atoms with Gasteiger partial charge in [0.1, 0.15) is 12.1 Å². The maximum atomic E-state index is 5.18. The Kier molecular flexibility index (Phi) is 4.27. The monoisotopic (exact) mass is 511 g/mol. The van der Waals surface area contributed by atoms with Crippen LogP contribution in [0.3, 0.4) is 0 Å². The summed E-state index contributed by atoms with van der Waals surface area (Å²) in [5.41, 5.74) is 7.47. The van der Waals surface area contributed by atoms with E-state index in [1.54, 1.807) is 6.33 Å². The highest BCUT2D eigenvalue weighted by Gasteiger charge is 2.25. The van der Waals surface area contributed by atoms with Crippen molar-refractivity contribution in [2.45, 2.75) is 0 Å². The summed E-state index contributed by atoms with van der Waals surface area (Å²) >= 11 is 0. The van der Waals surface area contributed by atoms with Crippen LogP contribution in [0.15, 0.2) is 128 Å². The lowest BCUT2D eigenvalue weighted by atomic mass is 10.0. The Hall–Kier alpha value is -5.55. The van der Waals surface area contributed by atoms with Crippen molar-refractivity contribution >= 4 is 65.4 Å². The Morgan fingerprint density at radius 2 is 1.20 bits per heavy atom. The molecule has 0 saturated heterocycles. The third-order valence-electron chi connectivity index (χ3n) is 8.02. The van der Waals surface area contributed by atoms with Crippen LogP contribution in [0.2, 0.25) is 0 Å². The van der Waals surface area contributed by atoms with Gasteiger partial charge >= 0.3 is 0 Å². The Morgan fingerprint density at radius 3 is 2.05 bits per heavy atom. The molecule has 0 saturated carbocycles. The molecule has 5 heteroatoms. The summed E-state index contributed by atoms with van der Waals surface area (Å²) in [6.45, 7) is 0. The third kappa shape index (κ3) is 2.78. The number of para-hydroxylation sites is 4. The zero-order valence-electron chi connectivity index (χ0n) is 21.4. The molecular weight excluding hydrogens is 490 g/mol. The predicted molar refractivity (Wildman–Crippen MR) is 164 cm³/mol. The molecule has 0 amide bonds. The van der Waals surface area contributed by atoms with E-state index in [0.29, 0.717) is 0 Å². The molecule has 5 aromatic carbocycles. The lowest BCUT2D eigenvalue weighted by molar-refractivity contribution is 1.09. The molecule has 0 spiro atoms. The van der Waals surface area contributed by atoms with Crippen LogP contribution in [0.25, 0.3) is 76.9 Å². The molecule has 0 aliphatic heterocycles. The van der Waals surface area contributed by atoms with Gasteiger partial charge < -0.3 is 4.57 Å². The average Bonchev–Trinajstić information content (AvgIpc) is 3.55. The molecule has 4 aromatic heterocycles. The maximum Gasteiger partial charge on any atom is 0.138 e. The molecule has 5 nitrogen and oxygen atoms in total. The van der Waals surface area contributed by atoms with Crippen molar-refractivity contribution in [1.29, 1.82) is 0 Å². The topological polar surface area (TPSA) is 48.5 Å². The third-order valence-corrected chi connectivity index (χ3v) is 8.02. The first-order valence-corrected chi connectivity index (χ1v) is 13.4. The first-order valence-electron chi connectivity index (χ1n) is 13.4. The molecule has 0 N–H and O–H groups in total. The molecule has 0 radical (unpaired) electrons. The van der Waals surface area contributed by atoms with Gasteiger partial charge in [0.05, 0.1) is 33.1 Å². The number of benzene rings is 5. The van der Waals surface area contributed by atoms with Crippen LogP contribution in [0.5, 0.6) is 0 Å². The lowest BCUT2D eigenvalue weighted by Crippen LogP contribution is -2.01. The molecule has 0 fully saturated rings. The van der Waals surface area contributed by atoms with Crippen LogP contribution in [-0.2, 0) is 0 Å². The summed E-state index contributed by atoms with van der Waals surface area (Å²) in [5, 5.41) is 6.73. The minimum atomic E-state index is 0.882. The van der Waals surface area contributed by atoms with Gasteiger partial charge in [-0.15, -0.1) is 0 Å². The Labute approximate surface area is 228 Å². The van der Waals surface area contributed by atoms with E-state index in [9.17, 15) is 0 Å². The molecule has 0 aliphatic carbocycles. The number of hydrogen-bond donors (Lipinski definition) is 0. The minimum absolute atomic E-state index is 0.882. The van der Waals surface area contributed by atoms with Crippen molar-refractivity contribution in [3.8, 4) is 11.5 Å². The molecule has 0 atom stereocenters. The van der Waals surface area contributed by atoms with E-state index in [-0.39, 0.29) is 0 Å². The van der Waals surface area contributed by atoms with Gasteiger partial charge in [-0.3, -0.25) is 4.57 Å². The number of pyridine rings is 1. The summed E-state index contributed by atoms with van der Waals surface area (Å²) < 4.78 is 4.70. The molecule has 0 bridgehead atoms. The quantitative estimate of drug-likeness (QED) is 0.234. The Bertz CT molecular complexity index is 2430. The van der Waals surface area contributed by atoms with Crippen LogP contribution in [0.4, 0.5) is 0 Å². The smallest absolute Gasteiger partial charge is 0.138 e. The number of nitrogens with zero attached hydrogens (tertiary/aromatic N) is 5. The van der Waals surface area contributed by atoms with E-state index in [1.807, 2.05) is 12.3 Å². The Balaban J connectivity index is 1.63. The summed E-state index contributed by atoms with van der Waals surface area (Å²) in [4.78, 5) is 14.6. The van der Waals surface area contributed by atoms with Gasteiger partial charge in [-0.1, -0.05) is 72.8 Å². The van der Waals surface area contributed by atoms with Gasteiger partial charge in [-0.05, 0) is 42.5 Å². The predicted octanol–water partition coefficient (Wildman–Crippen LogP) is 8.37. The second kappa shape index (κ2) is 7.98. The van der Waals surface area contributed by atoms with Crippen LogP contribution < -0.4 is 0 Å². The number of hydrogen-bond acceptors (Lipinski definition) is 3. The van der Waals surface area contributed by atoms with E-state index in [0.717, 1.165) is 76.9 Å². The van der Waals surface area contributed by atoms with Crippen LogP contribution in [-0.4, -0.2) is 24.1 Å². The van der Waals surface area contributed by atoms with Gasteiger partial charge in [-0.2, -0.15) is 0 Å². The van der Waals surface area contributed by atoms with Crippen LogP contribution in [0.1, 0.15) is 0 Å². The van der Waals surface area contributed by atoms with Crippen LogP contribution in [0, 0.1) is 0 Å². The normalized spacial score (nSPS) is 12.0. The fourth-order valence-electron chi connectivity index (χ4n) is 6.42. The molecular formula is C35H21N5. The maximum absolute atomic E-state index is 5.18. The zero-order chi connectivity index (χ0) is 26.2. The van der Waals surface area contributed by atoms with Crippen molar-refractivity contribution < 1.29 is 0 Å². The van der Waals surface area contributed by atoms with E-state index >= 15 is 0 Å². The van der Waals surface area contributed by atoms with Crippen molar-refractivity contribution in [3.63, 3.8) is 0 Å². The summed E-state index contributed by atoms with van der Waals surface area (Å²) in [6.07, 6.45) is 3.62. The van der Waals surface area contributed by atoms with Crippen LogP contribution >= 0.6 is 0 Å². The fraction of sp³-hybridized carbons (Fsp3) is 0. The zero-order valence-corrected chi connectivity index (χ0v) is 21.4. The van der Waals surface area contributed by atoms with Crippen molar-refractivity contribution in [2.24, 2.45) is 0 Å². The highest BCUT2D eigenvalue weighted by molar-refractivity contribution is 6.35. The molecule has 186 valence electrons. The van der Waals surface area contributed by atoms with Gasteiger partial charge in [0.2, 0.25) is 0 Å². The summed E-state index contributed by atoms with van der Waals surface area (Å²) in [5.74, 6) is 0.882. The molecule has 9 aromatic rings. The van der Waals surface area contributed by atoms with E-state index in [1.165, 1.54) is 0 Å². The first kappa shape index (κ1) is 21.4. The lowest BCUT2D eigenvalue weighted by Gasteiger charge is -2.13. The average molecular weight is 512 g/mol. The SMILES string of the molecule is c1ccc(-n2c3ccccc3c3c4ncncc4c4c5ccccc5n(-c5ccc6ccccc6n5)c4c32)cc1. The molecule has 9 rings (SSSR count). The van der Waals surface area contributed by atoms with Gasteiger partial charge in [-0.25, -0.2) is 15.0 Å². The second-order valence-corrected chi connectivity index (χ2v) is 10.1. The highest BCUT2D eigenvalue weighted by atomic mass is 15.1. The molecule has 4 heterocycles. The van der Waals surface area contributed by atoms with Gasteiger partial charge in [0.25, 0.3) is 0 Å². The second-order valence-electron chi connectivity index (χ2n) is 10.1. The fourth-order valence-corrected chi connectivity index (χ4v) is 6.42. The van der Waals surface area contributed by atoms with Gasteiger partial charge in [0.15, 0.2) is 0 Å². The summed E-state index contributed by atoms with van der Waals surface area (Å²) in [6, 6.07) is 40.3. The Morgan fingerprint density at radius 1 is 0.525 bits per heavy atom. The number of fused-ring (bicyclic) bond motifs is 11. The molecule has 0 unspecified atom stereocenters. The molecule has 0 aliphatic rings. The minimum Gasteiger partial charge on any atom is -0.307 e. The first-order chi connectivity index (χ1) is 19.9. The van der Waals surface area contributed by atoms with Crippen molar-refractivity contribution in [1.82, 2.24) is 24.1 Å². The number of aromatic nitrogens is 5.